The van der Waals surface area contributed by atoms with Crippen molar-refractivity contribution in [3.8, 4) is 11.3 Å². The fourth-order valence-corrected chi connectivity index (χ4v) is 9.30. The summed E-state index contributed by atoms with van der Waals surface area (Å²) in [5.74, 6) is -1.62. The van der Waals surface area contributed by atoms with E-state index in [9.17, 15) is 43.7 Å². The molecule has 4 rings (SSSR count). The largest absolute Gasteiger partial charge is 1.00 e. The van der Waals surface area contributed by atoms with Crippen LogP contribution < -0.4 is 73.9 Å². The molecule has 0 bridgehead atoms. The number of carboxylic acids is 1. The van der Waals surface area contributed by atoms with Gasteiger partial charge in [0.15, 0.2) is 6.54 Å². The van der Waals surface area contributed by atoms with Crippen LogP contribution in [0.1, 0.15) is 63.0 Å². The molecule has 2 heterocycles. The molecule has 0 aromatic heterocycles. The minimum absolute atomic E-state index is 0. The second-order valence-corrected chi connectivity index (χ2v) is 20.7. The van der Waals surface area contributed by atoms with Crippen molar-refractivity contribution in [3.63, 3.8) is 0 Å². The molecule has 1 N–H and O–H groups in total. The number of methoxy groups -OCH3 is 1. The van der Waals surface area contributed by atoms with Gasteiger partial charge in [-0.1, -0.05) is 18.6 Å². The van der Waals surface area contributed by atoms with Crippen LogP contribution in [0.3, 0.4) is 0 Å². The van der Waals surface area contributed by atoms with Crippen LogP contribution >= 0.6 is 0 Å². The van der Waals surface area contributed by atoms with Crippen LogP contribution in [-0.2, 0) is 69.0 Å². The van der Waals surface area contributed by atoms with Gasteiger partial charge in [-0.15, -0.1) is 0 Å². The Morgan fingerprint density at radius 3 is 1.90 bits per heavy atom. The van der Waals surface area contributed by atoms with E-state index in [1.165, 1.54) is 24.5 Å². The van der Waals surface area contributed by atoms with E-state index in [1.807, 2.05) is 33.8 Å². The molecule has 3 aliphatic rings. The zero-order valence-corrected chi connectivity index (χ0v) is 47.6. The molecular weight excluding hydrogens is 1010 g/mol. The Bertz CT molecular complexity index is 2540. The zero-order chi connectivity index (χ0) is 50.3. The molecule has 386 valence electrons. The molecule has 20 nitrogen and oxygen atoms in total. The Morgan fingerprint density at radius 1 is 0.732 bits per heavy atom. The summed E-state index contributed by atoms with van der Waals surface area (Å²) in [6, 6.07) is 11.3. The molecular formula is C46H64N2Na2O18S3. The van der Waals surface area contributed by atoms with Crippen LogP contribution in [0, 0.1) is 0 Å². The van der Waals surface area contributed by atoms with E-state index in [4.69, 9.17) is 37.9 Å². The van der Waals surface area contributed by atoms with Gasteiger partial charge in [-0.2, -0.15) is 0 Å². The van der Waals surface area contributed by atoms with Crippen LogP contribution in [0.25, 0.3) is 17.4 Å². The van der Waals surface area contributed by atoms with Gasteiger partial charge in [0.1, 0.15) is 29.0 Å². The standard InChI is InChI=1S/C46H66N2O18S3.2Na/c1-46(17-7-33-67(51,52)53)41-36-39(69(57,58)59)13-15-42(41)48(19-5-3-4-11-45(49)50)44(46)10-6-9-37-16-21-66-43-35-38(12-14-40(37)43)47(18-8-34-68(54,55)56)20-22-61-25-26-63-29-30-65-32-31-64-28-27-62-24-23-60-2;;/h6,9-10,12-16,21,35-36H,3-5,7-8,11,17-20,22-34H2,1-2H3,(H3-,49,50,51,52,53,54,55,56,57,58,59);;/q;2*+1/p-2. The van der Waals surface area contributed by atoms with Crippen molar-refractivity contribution < 1.29 is 141 Å². The van der Waals surface area contributed by atoms with Gasteiger partial charge in [0.2, 0.25) is 5.36 Å². The summed E-state index contributed by atoms with van der Waals surface area (Å²) in [7, 11) is -12.3. The van der Waals surface area contributed by atoms with Crippen molar-refractivity contribution >= 4 is 48.1 Å². The Balaban J connectivity index is 0.00000864. The number of hydrogen-bond donors (Lipinski definition) is 1. The van der Waals surface area contributed by atoms with Crippen molar-refractivity contribution in [2.45, 2.75) is 62.2 Å². The third-order valence-corrected chi connectivity index (χ3v) is 13.6. The van der Waals surface area contributed by atoms with Crippen molar-refractivity contribution in [1.29, 1.82) is 0 Å². The van der Waals surface area contributed by atoms with Crippen LogP contribution in [0.4, 0.5) is 5.69 Å². The summed E-state index contributed by atoms with van der Waals surface area (Å²) in [5, 5.41) is 9.83. The second kappa shape index (κ2) is 33.0. The van der Waals surface area contributed by atoms with Gasteiger partial charge in [0.25, 0.3) is 0 Å². The first-order valence-corrected chi connectivity index (χ1v) is 27.2. The predicted molar refractivity (Wildman–Crippen MR) is 252 cm³/mol. The topological polar surface area (TPSA) is 284 Å². The summed E-state index contributed by atoms with van der Waals surface area (Å²) < 4.78 is 146. The van der Waals surface area contributed by atoms with Gasteiger partial charge in [0.05, 0.1) is 104 Å². The fraction of sp³-hybridized carbons (Fsp3) is 0.565. The molecule has 71 heavy (non-hydrogen) atoms. The first-order valence-electron chi connectivity index (χ1n) is 22.7. The number of unbranched alkanes of at least 4 members (excludes halogenated alkanes) is 2. The Kier molecular flexibility index (Phi) is 30.2. The third-order valence-electron chi connectivity index (χ3n) is 11.2. The van der Waals surface area contributed by atoms with E-state index < -0.39 is 58.1 Å². The summed E-state index contributed by atoms with van der Waals surface area (Å²) in [5.41, 5.74) is 2.11. The molecule has 25 heteroatoms. The SMILES string of the molecule is COCCOCCOCCOCCOCCOCC[N+](CCCS(=O)(=O)[O-])=c1ccc2c(/C=C/C=C3/N(CCCCCC(=O)O)c4ccc(S(=O)(=O)[O-])cc4C3(C)CCCS(=O)(=O)[O-])ccoc-2c1.[Na+].[Na+]. The number of carboxylic acid groups (broad SMARTS) is 1. The van der Waals surface area contributed by atoms with Crippen LogP contribution in [0.5, 0.6) is 0 Å². The van der Waals surface area contributed by atoms with Gasteiger partial charge in [-0.05, 0) is 80.1 Å². The van der Waals surface area contributed by atoms with Gasteiger partial charge in [-0.3, -0.25) is 4.79 Å². The number of anilines is 1. The molecule has 0 saturated heterocycles. The monoisotopic (exact) mass is 1070 g/mol. The summed E-state index contributed by atoms with van der Waals surface area (Å²) in [4.78, 5) is 12.6. The van der Waals surface area contributed by atoms with Crippen molar-refractivity contribution in [2.75, 3.05) is 116 Å². The Hall–Kier alpha value is -2.11. The molecule has 1 aromatic carbocycles. The molecule has 0 amide bonds. The average molecular weight is 1080 g/mol. The average Bonchev–Trinajstić information content (AvgIpc) is 3.50. The van der Waals surface area contributed by atoms with Gasteiger partial charge in [0, 0.05) is 66.4 Å². The molecule has 0 fully saturated rings. The minimum atomic E-state index is -4.87. The molecule has 2 aliphatic heterocycles. The van der Waals surface area contributed by atoms with E-state index in [-0.39, 0.29) is 97.9 Å². The van der Waals surface area contributed by atoms with Crippen LogP contribution in [-0.4, -0.2) is 161 Å². The first kappa shape index (κ1) is 65.0. The Morgan fingerprint density at radius 2 is 1.32 bits per heavy atom. The van der Waals surface area contributed by atoms with Crippen molar-refractivity contribution in [3.05, 3.63) is 83.1 Å². The number of hydrogen-bond acceptors (Lipinski definition) is 18. The number of fused-ring (bicyclic) bond motifs is 2. The van der Waals surface area contributed by atoms with Gasteiger partial charge in [-0.25, -0.2) is 29.8 Å². The van der Waals surface area contributed by atoms with Gasteiger partial charge >= 0.3 is 65.1 Å². The van der Waals surface area contributed by atoms with Gasteiger partial charge < -0.3 is 56.5 Å². The summed E-state index contributed by atoms with van der Waals surface area (Å²) in [6.45, 7) is 7.28. The fourth-order valence-electron chi connectivity index (χ4n) is 7.82. The maximum Gasteiger partial charge on any atom is 1.00 e. The molecule has 1 aromatic rings. The van der Waals surface area contributed by atoms with E-state index >= 15 is 0 Å². The van der Waals surface area contributed by atoms with Crippen LogP contribution in [0.15, 0.2) is 75.9 Å². The second-order valence-electron chi connectivity index (χ2n) is 16.3. The minimum Gasteiger partial charge on any atom is -0.748 e. The first-order chi connectivity index (χ1) is 32.8. The number of allylic oxidation sites excluding steroid dienone is 3. The van der Waals surface area contributed by atoms with E-state index in [0.717, 1.165) is 5.56 Å². The van der Waals surface area contributed by atoms with E-state index in [2.05, 4.69) is 0 Å². The van der Waals surface area contributed by atoms with Crippen LogP contribution in [0.2, 0.25) is 0 Å². The van der Waals surface area contributed by atoms with E-state index in [1.54, 1.807) is 32.2 Å². The predicted octanol–water partition coefficient (Wildman–Crippen LogP) is -2.62. The molecule has 0 spiro atoms. The van der Waals surface area contributed by atoms with Crippen molar-refractivity contribution in [1.82, 2.24) is 4.58 Å². The molecule has 0 radical (unpaired) electrons. The zero-order valence-electron chi connectivity index (χ0n) is 41.1. The summed E-state index contributed by atoms with van der Waals surface area (Å²) >= 11 is 0. The van der Waals surface area contributed by atoms with E-state index in [0.29, 0.717) is 132 Å². The molecule has 1 aliphatic carbocycles. The quantitative estimate of drug-likeness (QED) is 0.0273. The maximum atomic E-state index is 12.2. The molecule has 1 atom stereocenters. The van der Waals surface area contributed by atoms with Crippen molar-refractivity contribution in [2.24, 2.45) is 0 Å². The third kappa shape index (κ3) is 23.5. The molecule has 1 unspecified atom stereocenters. The number of aliphatic carboxylic acids is 1. The number of rotatable bonds is 35. The molecule has 0 saturated carbocycles. The summed E-state index contributed by atoms with van der Waals surface area (Å²) in [6.07, 6.45) is 8.61. The number of ether oxygens (including phenoxy) is 6. The smallest absolute Gasteiger partial charge is 0.748 e. The number of carbonyl (C=O) groups is 1. The maximum absolute atomic E-state index is 12.2. The number of nitrogens with zero attached hydrogens (tertiary/aromatic N) is 2. The normalized spacial score (nSPS) is 16.1. The number of benzene rings is 2. The Labute approximate surface area is 461 Å².